The average molecular weight is 255 g/mol. The quantitative estimate of drug-likeness (QED) is 0.840. The molecule has 4 nitrogen and oxygen atoms in total. The molecule has 18 heavy (non-hydrogen) atoms. The van der Waals surface area contributed by atoms with Crippen molar-refractivity contribution in [3.63, 3.8) is 0 Å². The average Bonchev–Trinajstić information content (AvgIpc) is 2.33. The predicted octanol–water partition coefficient (Wildman–Crippen LogP) is 2.28. The Kier molecular flexibility index (Phi) is 5.01. The highest BCUT2D eigenvalue weighted by molar-refractivity contribution is 5.68. The second kappa shape index (κ2) is 6.53. The molecule has 1 saturated carbocycles. The number of hydrogen-bond donors (Lipinski definition) is 1. The van der Waals surface area contributed by atoms with Gasteiger partial charge in [0.1, 0.15) is 0 Å². The molecule has 1 aliphatic heterocycles. The van der Waals surface area contributed by atoms with Crippen molar-refractivity contribution in [2.75, 3.05) is 26.3 Å². The molecule has 2 fully saturated rings. The Morgan fingerprint density at radius 2 is 1.61 bits per heavy atom. The van der Waals surface area contributed by atoms with Gasteiger partial charge in [0.25, 0.3) is 0 Å². The molecular weight excluding hydrogens is 230 g/mol. The molecule has 0 bridgehead atoms. The van der Waals surface area contributed by atoms with Crippen molar-refractivity contribution in [2.45, 2.75) is 56.9 Å². The molecular formula is C14H25NO3. The van der Waals surface area contributed by atoms with Crippen LogP contribution in [-0.2, 0) is 9.53 Å². The van der Waals surface area contributed by atoms with Crippen molar-refractivity contribution >= 4 is 5.97 Å². The number of carbonyl (C=O) groups is 1. The van der Waals surface area contributed by atoms with E-state index in [1.807, 2.05) is 0 Å². The lowest BCUT2D eigenvalue weighted by Crippen LogP contribution is -2.54. The van der Waals surface area contributed by atoms with Crippen molar-refractivity contribution < 1.29 is 14.6 Å². The van der Waals surface area contributed by atoms with Gasteiger partial charge < -0.3 is 9.84 Å². The number of ether oxygens (including phenoxy) is 1. The molecule has 104 valence electrons. The summed E-state index contributed by atoms with van der Waals surface area (Å²) in [7, 11) is 0. The first-order valence-corrected chi connectivity index (χ1v) is 7.28. The number of carboxylic acids is 1. The zero-order valence-corrected chi connectivity index (χ0v) is 11.2. The second-order valence-corrected chi connectivity index (χ2v) is 5.66. The van der Waals surface area contributed by atoms with E-state index in [0.29, 0.717) is 6.42 Å². The summed E-state index contributed by atoms with van der Waals surface area (Å²) >= 11 is 0. The summed E-state index contributed by atoms with van der Waals surface area (Å²) in [4.78, 5) is 13.7. The topological polar surface area (TPSA) is 49.8 Å². The van der Waals surface area contributed by atoms with Crippen molar-refractivity contribution in [1.82, 2.24) is 4.90 Å². The van der Waals surface area contributed by atoms with Gasteiger partial charge in [-0.1, -0.05) is 32.1 Å². The van der Waals surface area contributed by atoms with Gasteiger partial charge in [-0.3, -0.25) is 9.69 Å². The van der Waals surface area contributed by atoms with Crippen molar-refractivity contribution in [1.29, 1.82) is 0 Å². The lowest BCUT2D eigenvalue weighted by Gasteiger charge is -2.46. The molecule has 0 aromatic carbocycles. The van der Waals surface area contributed by atoms with Crippen LogP contribution in [0, 0.1) is 0 Å². The molecule has 2 rings (SSSR count). The van der Waals surface area contributed by atoms with Crippen LogP contribution in [0.15, 0.2) is 0 Å². The van der Waals surface area contributed by atoms with Crippen LogP contribution in [0.4, 0.5) is 0 Å². The Balaban J connectivity index is 2.10. The van der Waals surface area contributed by atoms with Crippen LogP contribution in [0.2, 0.25) is 0 Å². The van der Waals surface area contributed by atoms with Crippen molar-refractivity contribution in [2.24, 2.45) is 0 Å². The van der Waals surface area contributed by atoms with E-state index in [2.05, 4.69) is 4.90 Å². The first-order chi connectivity index (χ1) is 8.73. The second-order valence-electron chi connectivity index (χ2n) is 5.66. The number of carboxylic acid groups (broad SMARTS) is 1. The number of rotatable bonds is 3. The monoisotopic (exact) mass is 255 g/mol. The van der Waals surface area contributed by atoms with E-state index in [1.165, 1.54) is 32.1 Å². The highest BCUT2D eigenvalue weighted by atomic mass is 16.5. The number of aliphatic carboxylic acids is 1. The highest BCUT2D eigenvalue weighted by Crippen LogP contribution is 2.35. The summed E-state index contributed by atoms with van der Waals surface area (Å²) in [5.74, 6) is -0.651. The minimum atomic E-state index is -0.651. The van der Waals surface area contributed by atoms with Gasteiger partial charge in [-0.25, -0.2) is 0 Å². The Labute approximate surface area is 109 Å². The summed E-state index contributed by atoms with van der Waals surface area (Å²) in [5, 5.41) is 9.27. The van der Waals surface area contributed by atoms with Gasteiger partial charge in [0, 0.05) is 18.6 Å². The molecule has 0 aromatic heterocycles. The Morgan fingerprint density at radius 3 is 2.17 bits per heavy atom. The minimum Gasteiger partial charge on any atom is -0.481 e. The fourth-order valence-corrected chi connectivity index (χ4v) is 3.49. The smallest absolute Gasteiger partial charge is 0.305 e. The maximum Gasteiger partial charge on any atom is 0.305 e. The fraction of sp³-hybridized carbons (Fsp3) is 0.929. The molecule has 1 heterocycles. The van der Waals surface area contributed by atoms with Gasteiger partial charge in [0.15, 0.2) is 0 Å². The van der Waals surface area contributed by atoms with Crippen LogP contribution in [0.3, 0.4) is 0 Å². The Hall–Kier alpha value is -0.610. The minimum absolute atomic E-state index is 0.101. The summed E-state index contributed by atoms with van der Waals surface area (Å²) in [6.07, 6.45) is 8.55. The lowest BCUT2D eigenvalue weighted by molar-refractivity contribution is -0.142. The van der Waals surface area contributed by atoms with E-state index in [0.717, 1.165) is 39.1 Å². The Bertz CT molecular complexity index is 266. The van der Waals surface area contributed by atoms with Crippen LogP contribution < -0.4 is 0 Å². The van der Waals surface area contributed by atoms with Crippen LogP contribution in [-0.4, -0.2) is 47.8 Å². The third-order valence-electron chi connectivity index (χ3n) is 4.45. The summed E-state index contributed by atoms with van der Waals surface area (Å²) in [5.41, 5.74) is -0.101. The van der Waals surface area contributed by atoms with Gasteiger partial charge in [0.05, 0.1) is 19.6 Å². The molecule has 0 amide bonds. The molecule has 1 N–H and O–H groups in total. The first kappa shape index (κ1) is 13.8. The van der Waals surface area contributed by atoms with E-state index in [1.54, 1.807) is 0 Å². The zero-order chi connectivity index (χ0) is 12.8. The predicted molar refractivity (Wildman–Crippen MR) is 69.7 cm³/mol. The molecule has 0 aromatic rings. The Morgan fingerprint density at radius 1 is 1.06 bits per heavy atom. The molecule has 1 saturated heterocycles. The van der Waals surface area contributed by atoms with E-state index in [-0.39, 0.29) is 5.54 Å². The fourth-order valence-electron chi connectivity index (χ4n) is 3.49. The van der Waals surface area contributed by atoms with Crippen molar-refractivity contribution in [3.05, 3.63) is 0 Å². The third kappa shape index (κ3) is 3.45. The van der Waals surface area contributed by atoms with Gasteiger partial charge >= 0.3 is 5.97 Å². The number of morpholine rings is 1. The van der Waals surface area contributed by atoms with Gasteiger partial charge in [0.2, 0.25) is 0 Å². The third-order valence-corrected chi connectivity index (χ3v) is 4.45. The normalized spacial score (nSPS) is 26.2. The molecule has 0 radical (unpaired) electrons. The summed E-state index contributed by atoms with van der Waals surface area (Å²) < 4.78 is 5.41. The van der Waals surface area contributed by atoms with Gasteiger partial charge in [-0.05, 0) is 12.8 Å². The van der Waals surface area contributed by atoms with E-state index >= 15 is 0 Å². The van der Waals surface area contributed by atoms with E-state index < -0.39 is 5.97 Å². The standard InChI is InChI=1S/C14H25NO3/c16-13(17)12-14(15-8-10-18-11-9-15)6-4-2-1-3-5-7-14/h1-12H2,(H,16,17). The summed E-state index contributed by atoms with van der Waals surface area (Å²) in [6.45, 7) is 3.29. The van der Waals surface area contributed by atoms with Gasteiger partial charge in [-0.2, -0.15) is 0 Å². The molecule has 0 atom stereocenters. The van der Waals surface area contributed by atoms with Crippen LogP contribution in [0.5, 0.6) is 0 Å². The van der Waals surface area contributed by atoms with Crippen LogP contribution >= 0.6 is 0 Å². The highest BCUT2D eigenvalue weighted by Gasteiger charge is 2.39. The van der Waals surface area contributed by atoms with E-state index in [4.69, 9.17) is 4.74 Å². The molecule has 1 aliphatic carbocycles. The van der Waals surface area contributed by atoms with Crippen LogP contribution in [0.25, 0.3) is 0 Å². The largest absolute Gasteiger partial charge is 0.481 e. The molecule has 2 aliphatic rings. The van der Waals surface area contributed by atoms with Gasteiger partial charge in [-0.15, -0.1) is 0 Å². The van der Waals surface area contributed by atoms with E-state index in [9.17, 15) is 9.90 Å². The number of nitrogens with zero attached hydrogens (tertiary/aromatic N) is 1. The SMILES string of the molecule is O=C(O)CC1(N2CCOCC2)CCCCCCC1. The number of hydrogen-bond acceptors (Lipinski definition) is 3. The molecule has 4 heteroatoms. The van der Waals surface area contributed by atoms with Crippen molar-refractivity contribution in [3.8, 4) is 0 Å². The van der Waals surface area contributed by atoms with Crippen LogP contribution in [0.1, 0.15) is 51.4 Å². The zero-order valence-electron chi connectivity index (χ0n) is 11.2. The lowest BCUT2D eigenvalue weighted by atomic mass is 9.79. The maximum atomic E-state index is 11.3. The first-order valence-electron chi connectivity index (χ1n) is 7.28. The summed E-state index contributed by atoms with van der Waals surface area (Å²) in [6, 6.07) is 0. The maximum absolute atomic E-state index is 11.3. The molecule has 0 spiro atoms. The molecule has 0 unspecified atom stereocenters.